The lowest BCUT2D eigenvalue weighted by atomic mass is 10.1. The largest absolute Gasteiger partial charge is 0.342 e. The first-order chi connectivity index (χ1) is 15.5. The molecule has 0 aliphatic heterocycles. The molecule has 8 heteroatoms. The van der Waals surface area contributed by atoms with Gasteiger partial charge in [0.15, 0.2) is 0 Å². The molecule has 0 radical (unpaired) electrons. The quantitative estimate of drug-likeness (QED) is 0.431. The van der Waals surface area contributed by atoms with Gasteiger partial charge in [0.2, 0.25) is 5.91 Å². The number of amides is 1. The zero-order valence-electron chi connectivity index (χ0n) is 18.0. The van der Waals surface area contributed by atoms with Crippen molar-refractivity contribution in [2.45, 2.75) is 32.5 Å². The number of rotatable bonds is 8. The number of nitrogens with zero attached hydrogens (tertiary/aromatic N) is 3. The van der Waals surface area contributed by atoms with Crippen molar-refractivity contribution in [1.82, 2.24) is 25.2 Å². The Bertz CT molecular complexity index is 1240. The smallest absolute Gasteiger partial charge is 0.258 e. The van der Waals surface area contributed by atoms with Crippen LogP contribution in [0, 0.1) is 0 Å². The fourth-order valence-corrected chi connectivity index (χ4v) is 4.24. The van der Waals surface area contributed by atoms with Crippen LogP contribution in [0.25, 0.3) is 10.9 Å². The molecular formula is C24H25N5O2S. The van der Waals surface area contributed by atoms with Gasteiger partial charge in [0, 0.05) is 17.6 Å². The third kappa shape index (κ3) is 5.09. The summed E-state index contributed by atoms with van der Waals surface area (Å²) in [6, 6.07) is 16.8. The van der Waals surface area contributed by atoms with Gasteiger partial charge >= 0.3 is 0 Å². The molecule has 1 unspecified atom stereocenters. The zero-order valence-corrected chi connectivity index (χ0v) is 18.8. The molecule has 2 aromatic carbocycles. The summed E-state index contributed by atoms with van der Waals surface area (Å²) in [6.07, 6.45) is 1.74. The molecule has 2 N–H and O–H groups in total. The van der Waals surface area contributed by atoms with Crippen LogP contribution in [0.4, 0.5) is 0 Å². The molecule has 4 aromatic rings. The number of aromatic nitrogens is 3. The van der Waals surface area contributed by atoms with Gasteiger partial charge in [0.05, 0.1) is 24.0 Å². The van der Waals surface area contributed by atoms with E-state index in [0.717, 1.165) is 10.6 Å². The van der Waals surface area contributed by atoms with Crippen molar-refractivity contribution in [3.8, 4) is 0 Å². The van der Waals surface area contributed by atoms with E-state index in [1.54, 1.807) is 12.3 Å². The van der Waals surface area contributed by atoms with Crippen LogP contribution in [0.15, 0.2) is 71.0 Å². The Morgan fingerprint density at radius 3 is 2.59 bits per heavy atom. The molecular weight excluding hydrogens is 422 g/mol. The molecule has 2 heterocycles. The summed E-state index contributed by atoms with van der Waals surface area (Å²) in [5, 5.41) is 6.41. The van der Waals surface area contributed by atoms with Crippen molar-refractivity contribution >= 4 is 28.1 Å². The fourth-order valence-electron chi connectivity index (χ4n) is 3.52. The van der Waals surface area contributed by atoms with E-state index in [2.05, 4.69) is 20.3 Å². The number of hydrogen-bond donors (Lipinski definition) is 2. The second-order valence-electron chi connectivity index (χ2n) is 7.81. The lowest BCUT2D eigenvalue weighted by Crippen LogP contribution is -2.42. The van der Waals surface area contributed by atoms with Crippen molar-refractivity contribution < 1.29 is 4.79 Å². The number of benzene rings is 2. The van der Waals surface area contributed by atoms with E-state index in [1.165, 1.54) is 11.3 Å². The number of carbonyl (C=O) groups excluding carboxylic acids is 1. The van der Waals surface area contributed by atoms with E-state index in [-0.39, 0.29) is 30.1 Å². The summed E-state index contributed by atoms with van der Waals surface area (Å²) in [4.78, 5) is 39.3. The molecule has 1 atom stereocenters. The molecule has 0 fully saturated rings. The van der Waals surface area contributed by atoms with Crippen LogP contribution in [0.2, 0.25) is 0 Å². The molecule has 0 bridgehead atoms. The van der Waals surface area contributed by atoms with E-state index in [0.29, 0.717) is 23.3 Å². The van der Waals surface area contributed by atoms with E-state index >= 15 is 0 Å². The van der Waals surface area contributed by atoms with Crippen LogP contribution in [-0.2, 0) is 11.3 Å². The molecule has 0 aliphatic rings. The normalized spacial score (nSPS) is 12.4. The van der Waals surface area contributed by atoms with Crippen LogP contribution in [-0.4, -0.2) is 38.3 Å². The number of H-pyrrole nitrogens is 1. The molecule has 7 nitrogen and oxygen atoms in total. The molecule has 4 rings (SSSR count). The second-order valence-corrected chi connectivity index (χ2v) is 8.74. The van der Waals surface area contributed by atoms with Gasteiger partial charge in [-0.3, -0.25) is 14.5 Å². The minimum Gasteiger partial charge on any atom is -0.342 e. The van der Waals surface area contributed by atoms with Gasteiger partial charge in [0.1, 0.15) is 16.9 Å². The monoisotopic (exact) mass is 447 g/mol. The van der Waals surface area contributed by atoms with E-state index in [4.69, 9.17) is 0 Å². The Morgan fingerprint density at radius 1 is 1.12 bits per heavy atom. The van der Waals surface area contributed by atoms with Crippen LogP contribution in [0.3, 0.4) is 0 Å². The molecule has 32 heavy (non-hydrogen) atoms. The van der Waals surface area contributed by atoms with Gasteiger partial charge in [-0.1, -0.05) is 42.5 Å². The number of nitrogens with one attached hydrogen (secondary N) is 2. The Morgan fingerprint density at radius 2 is 1.88 bits per heavy atom. The highest BCUT2D eigenvalue weighted by molar-refractivity contribution is 7.09. The van der Waals surface area contributed by atoms with Crippen molar-refractivity contribution in [3.05, 3.63) is 92.9 Å². The SMILES string of the molecule is CC(C)N(CC(=O)NC(c1ccccc1)c1nccs1)Cc1nc2ccccc2c(=O)[nH]1. The molecule has 1 amide bonds. The van der Waals surface area contributed by atoms with E-state index < -0.39 is 0 Å². The van der Waals surface area contributed by atoms with Crippen molar-refractivity contribution in [2.24, 2.45) is 0 Å². The zero-order chi connectivity index (χ0) is 22.5. The van der Waals surface area contributed by atoms with Crippen molar-refractivity contribution in [2.75, 3.05) is 6.54 Å². The Labute approximate surface area is 190 Å². The van der Waals surface area contributed by atoms with Crippen LogP contribution >= 0.6 is 11.3 Å². The lowest BCUT2D eigenvalue weighted by molar-refractivity contribution is -0.123. The highest BCUT2D eigenvalue weighted by Crippen LogP contribution is 2.23. The van der Waals surface area contributed by atoms with Gasteiger partial charge in [-0.25, -0.2) is 9.97 Å². The maximum absolute atomic E-state index is 13.0. The maximum atomic E-state index is 13.0. The van der Waals surface area contributed by atoms with Crippen LogP contribution in [0.5, 0.6) is 0 Å². The first-order valence-electron chi connectivity index (χ1n) is 10.5. The molecule has 164 valence electrons. The summed E-state index contributed by atoms with van der Waals surface area (Å²) < 4.78 is 0. The lowest BCUT2D eigenvalue weighted by Gasteiger charge is -2.26. The number of carbonyl (C=O) groups is 1. The summed E-state index contributed by atoms with van der Waals surface area (Å²) in [7, 11) is 0. The average Bonchev–Trinajstić information content (AvgIpc) is 3.32. The van der Waals surface area contributed by atoms with Gasteiger partial charge in [-0.15, -0.1) is 11.3 Å². The molecule has 0 saturated heterocycles. The fraction of sp³-hybridized carbons (Fsp3) is 0.250. The number of para-hydroxylation sites is 1. The van der Waals surface area contributed by atoms with E-state index in [9.17, 15) is 9.59 Å². The molecule has 0 saturated carbocycles. The predicted molar refractivity (Wildman–Crippen MR) is 126 cm³/mol. The third-order valence-electron chi connectivity index (χ3n) is 5.23. The Balaban J connectivity index is 1.51. The minimum atomic E-state index is -0.309. The maximum Gasteiger partial charge on any atom is 0.258 e. The highest BCUT2D eigenvalue weighted by atomic mass is 32.1. The second kappa shape index (κ2) is 9.84. The van der Waals surface area contributed by atoms with Crippen molar-refractivity contribution in [1.29, 1.82) is 0 Å². The van der Waals surface area contributed by atoms with E-state index in [1.807, 2.05) is 72.7 Å². The first-order valence-corrected chi connectivity index (χ1v) is 11.3. The highest BCUT2D eigenvalue weighted by Gasteiger charge is 2.22. The van der Waals surface area contributed by atoms with Gasteiger partial charge in [-0.05, 0) is 31.5 Å². The molecule has 0 aliphatic carbocycles. The predicted octanol–water partition coefficient (Wildman–Crippen LogP) is 3.50. The Hall–Kier alpha value is -3.36. The standard InChI is InChI=1S/C24H25N5O2S/c1-16(2)29(14-20-26-19-11-7-6-10-18(19)23(31)27-20)15-21(30)28-22(24-25-12-13-32-24)17-8-4-3-5-9-17/h3-13,16,22H,14-15H2,1-2H3,(H,28,30)(H,26,27,31). The summed E-state index contributed by atoms with van der Waals surface area (Å²) in [5.41, 5.74) is 1.45. The number of hydrogen-bond acceptors (Lipinski definition) is 6. The summed E-state index contributed by atoms with van der Waals surface area (Å²) in [6.45, 7) is 4.56. The number of thiazole rings is 1. The van der Waals surface area contributed by atoms with Crippen molar-refractivity contribution in [3.63, 3.8) is 0 Å². The third-order valence-corrected chi connectivity index (χ3v) is 6.07. The van der Waals surface area contributed by atoms with Gasteiger partial charge < -0.3 is 10.3 Å². The topological polar surface area (TPSA) is 91.0 Å². The van der Waals surface area contributed by atoms with Crippen LogP contribution < -0.4 is 10.9 Å². The summed E-state index contributed by atoms with van der Waals surface area (Å²) in [5.74, 6) is 0.417. The van der Waals surface area contributed by atoms with Gasteiger partial charge in [0.25, 0.3) is 5.56 Å². The molecule has 2 aromatic heterocycles. The van der Waals surface area contributed by atoms with Gasteiger partial charge in [-0.2, -0.15) is 0 Å². The Kier molecular flexibility index (Phi) is 6.72. The molecule has 0 spiro atoms. The minimum absolute atomic E-state index is 0.0764. The number of fused-ring (bicyclic) bond motifs is 1. The van der Waals surface area contributed by atoms with Crippen LogP contribution in [0.1, 0.15) is 36.3 Å². The average molecular weight is 448 g/mol. The first kappa shape index (κ1) is 21.9. The number of aromatic amines is 1. The summed E-state index contributed by atoms with van der Waals surface area (Å²) >= 11 is 1.51.